The molecule has 0 spiro atoms. The van der Waals surface area contributed by atoms with Gasteiger partial charge in [-0.3, -0.25) is 29.8 Å². The minimum atomic E-state index is -0.726. The number of amides is 2. The van der Waals surface area contributed by atoms with Crippen molar-refractivity contribution >= 4 is 50.9 Å². The molecule has 10 nitrogen and oxygen atoms in total. The Balaban J connectivity index is 1.93. The van der Waals surface area contributed by atoms with E-state index >= 15 is 0 Å². The van der Waals surface area contributed by atoms with Crippen LogP contribution in [0.1, 0.15) is 15.9 Å². The fourth-order valence-electron chi connectivity index (χ4n) is 2.75. The summed E-state index contributed by atoms with van der Waals surface area (Å²) in [5.74, 6) is -1.31. The van der Waals surface area contributed by atoms with Crippen molar-refractivity contribution in [3.8, 4) is 0 Å². The second-order valence-corrected chi connectivity index (χ2v) is 7.46. The van der Waals surface area contributed by atoms with Crippen molar-refractivity contribution in [2.45, 2.75) is 0 Å². The summed E-state index contributed by atoms with van der Waals surface area (Å²) in [7, 11) is 0. The van der Waals surface area contributed by atoms with Gasteiger partial charge in [0.05, 0.1) is 15.4 Å². The lowest BCUT2D eigenvalue weighted by Crippen LogP contribution is -2.31. The van der Waals surface area contributed by atoms with Crippen LogP contribution >= 0.6 is 15.9 Å². The molecule has 0 saturated heterocycles. The second-order valence-electron chi connectivity index (χ2n) is 6.60. The number of anilines is 1. The summed E-state index contributed by atoms with van der Waals surface area (Å²) in [4.78, 5) is 46.4. The molecule has 33 heavy (non-hydrogen) atoms. The molecule has 2 N–H and O–H groups in total. The first kappa shape index (κ1) is 23.3. The number of nitrogens with one attached hydrogen (secondary N) is 2. The molecule has 0 radical (unpaired) electrons. The highest BCUT2D eigenvalue weighted by molar-refractivity contribution is 9.10. The summed E-state index contributed by atoms with van der Waals surface area (Å²) < 4.78 is 0.507. The highest BCUT2D eigenvalue weighted by Crippen LogP contribution is 2.20. The number of carbonyl (C=O) groups excluding carboxylic acids is 2. The van der Waals surface area contributed by atoms with Crippen LogP contribution in [0.25, 0.3) is 6.08 Å². The van der Waals surface area contributed by atoms with Crippen LogP contribution in [0.3, 0.4) is 0 Å². The molecule has 0 fully saturated rings. The number of hydrogen-bond acceptors (Lipinski definition) is 6. The van der Waals surface area contributed by atoms with Crippen molar-refractivity contribution in [3.05, 3.63) is 114 Å². The van der Waals surface area contributed by atoms with Crippen molar-refractivity contribution in [3.63, 3.8) is 0 Å². The summed E-state index contributed by atoms with van der Waals surface area (Å²) in [6, 6.07) is 17.3. The number of benzene rings is 3. The van der Waals surface area contributed by atoms with E-state index in [-0.39, 0.29) is 28.3 Å². The van der Waals surface area contributed by atoms with Gasteiger partial charge >= 0.3 is 0 Å². The maximum Gasteiger partial charge on any atom is 0.272 e. The Morgan fingerprint density at radius 3 is 2.15 bits per heavy atom. The van der Waals surface area contributed by atoms with Crippen LogP contribution in [-0.4, -0.2) is 21.7 Å². The van der Waals surface area contributed by atoms with Gasteiger partial charge in [0, 0.05) is 34.4 Å². The zero-order valence-corrected chi connectivity index (χ0v) is 18.3. The van der Waals surface area contributed by atoms with Crippen molar-refractivity contribution in [1.82, 2.24) is 5.32 Å². The average Bonchev–Trinajstić information content (AvgIpc) is 2.79. The molecule has 0 aliphatic heterocycles. The first-order chi connectivity index (χ1) is 15.7. The zero-order chi connectivity index (χ0) is 24.0. The van der Waals surface area contributed by atoms with E-state index in [1.165, 1.54) is 54.6 Å². The highest BCUT2D eigenvalue weighted by Gasteiger charge is 2.17. The molecule has 3 aromatic carbocycles. The maximum absolute atomic E-state index is 12.9. The standard InChI is InChI=1S/C22H15BrN4O6/c23-19-7-2-1-6-18(19)21(28)25-20(13-14-4-3-5-17(12-14)27(32)33)22(29)24-15-8-10-16(11-9-15)26(30)31/h1-13H,(H,24,29)(H,25,28)/b20-13-. The van der Waals surface area contributed by atoms with E-state index in [9.17, 15) is 29.8 Å². The Bertz CT molecular complexity index is 1270. The summed E-state index contributed by atoms with van der Waals surface area (Å²) in [5, 5.41) is 27.0. The summed E-state index contributed by atoms with van der Waals surface area (Å²) >= 11 is 3.28. The zero-order valence-electron chi connectivity index (χ0n) is 16.7. The van der Waals surface area contributed by atoms with Gasteiger partial charge in [0.15, 0.2) is 0 Å². The van der Waals surface area contributed by atoms with E-state index < -0.39 is 21.7 Å². The van der Waals surface area contributed by atoms with E-state index in [4.69, 9.17) is 0 Å². The Kier molecular flexibility index (Phi) is 7.26. The third-order valence-corrected chi connectivity index (χ3v) is 5.03. The SMILES string of the molecule is O=C(Nc1ccc([N+](=O)[O-])cc1)/C(=C/c1cccc([N+](=O)[O-])c1)NC(=O)c1ccccc1Br. The molecule has 0 saturated carbocycles. The van der Waals surface area contributed by atoms with Crippen LogP contribution in [-0.2, 0) is 4.79 Å². The molecular formula is C22H15BrN4O6. The smallest absolute Gasteiger partial charge is 0.272 e. The quantitative estimate of drug-likeness (QED) is 0.268. The van der Waals surface area contributed by atoms with Gasteiger partial charge in [0.1, 0.15) is 5.70 Å². The molecule has 0 heterocycles. The van der Waals surface area contributed by atoms with E-state index in [1.807, 2.05) is 0 Å². The molecule has 0 aliphatic carbocycles. The predicted molar refractivity (Wildman–Crippen MR) is 124 cm³/mol. The van der Waals surface area contributed by atoms with E-state index in [1.54, 1.807) is 24.3 Å². The van der Waals surface area contributed by atoms with Crippen LogP contribution in [0.15, 0.2) is 83.0 Å². The molecule has 11 heteroatoms. The first-order valence-electron chi connectivity index (χ1n) is 9.32. The van der Waals surface area contributed by atoms with Crippen molar-refractivity contribution < 1.29 is 19.4 Å². The Morgan fingerprint density at radius 2 is 1.52 bits per heavy atom. The summed E-state index contributed by atoms with van der Waals surface area (Å²) in [5.41, 5.74) is 0.315. The molecular weight excluding hydrogens is 496 g/mol. The predicted octanol–water partition coefficient (Wildman–Crippen LogP) is 4.68. The molecule has 2 amide bonds. The lowest BCUT2D eigenvalue weighted by atomic mass is 10.1. The number of rotatable bonds is 7. The third kappa shape index (κ3) is 6.08. The Hall–Kier alpha value is -4.38. The number of non-ortho nitro benzene ring substituents is 2. The van der Waals surface area contributed by atoms with Crippen molar-refractivity contribution in [2.24, 2.45) is 0 Å². The van der Waals surface area contributed by atoms with Crippen molar-refractivity contribution in [2.75, 3.05) is 5.32 Å². The maximum atomic E-state index is 12.9. The fraction of sp³-hybridized carbons (Fsp3) is 0. The Morgan fingerprint density at radius 1 is 0.848 bits per heavy atom. The minimum absolute atomic E-state index is 0.150. The van der Waals surface area contributed by atoms with Gasteiger partial charge in [-0.1, -0.05) is 24.3 Å². The molecule has 0 aliphatic rings. The highest BCUT2D eigenvalue weighted by atomic mass is 79.9. The number of hydrogen-bond donors (Lipinski definition) is 2. The van der Waals surface area contributed by atoms with Gasteiger partial charge in [-0.05, 0) is 51.8 Å². The number of nitro groups is 2. The molecule has 0 atom stereocenters. The molecule has 3 aromatic rings. The second kappa shape index (κ2) is 10.3. The Labute approximate surface area is 195 Å². The van der Waals surface area contributed by atoms with Crippen LogP contribution in [0.2, 0.25) is 0 Å². The normalized spacial score (nSPS) is 10.9. The lowest BCUT2D eigenvalue weighted by Gasteiger charge is -2.12. The third-order valence-electron chi connectivity index (χ3n) is 4.34. The van der Waals surface area contributed by atoms with Gasteiger partial charge in [-0.2, -0.15) is 0 Å². The minimum Gasteiger partial charge on any atom is -0.321 e. The first-order valence-corrected chi connectivity index (χ1v) is 10.1. The van der Waals surface area contributed by atoms with Gasteiger partial charge < -0.3 is 10.6 Å². The molecule has 0 aromatic heterocycles. The average molecular weight is 511 g/mol. The number of nitro benzene ring substituents is 2. The summed E-state index contributed by atoms with van der Waals surface area (Å²) in [6.07, 6.45) is 1.29. The van der Waals surface area contributed by atoms with Gasteiger partial charge in [0.2, 0.25) is 0 Å². The number of carbonyl (C=O) groups is 2. The molecule has 166 valence electrons. The van der Waals surface area contributed by atoms with E-state index in [2.05, 4.69) is 26.6 Å². The van der Waals surface area contributed by atoms with Crippen LogP contribution in [0.4, 0.5) is 17.1 Å². The van der Waals surface area contributed by atoms with Crippen LogP contribution in [0.5, 0.6) is 0 Å². The molecule has 0 bridgehead atoms. The fourth-order valence-corrected chi connectivity index (χ4v) is 3.22. The van der Waals surface area contributed by atoms with Crippen LogP contribution < -0.4 is 10.6 Å². The van der Waals surface area contributed by atoms with E-state index in [0.717, 1.165) is 0 Å². The topological polar surface area (TPSA) is 144 Å². The number of halogens is 1. The largest absolute Gasteiger partial charge is 0.321 e. The molecule has 3 rings (SSSR count). The monoisotopic (exact) mass is 510 g/mol. The number of nitrogens with zero attached hydrogens (tertiary/aromatic N) is 2. The van der Waals surface area contributed by atoms with Crippen molar-refractivity contribution in [1.29, 1.82) is 0 Å². The van der Waals surface area contributed by atoms with Gasteiger partial charge in [-0.25, -0.2) is 0 Å². The van der Waals surface area contributed by atoms with Crippen LogP contribution in [0, 0.1) is 20.2 Å². The molecule has 0 unspecified atom stereocenters. The van der Waals surface area contributed by atoms with E-state index in [0.29, 0.717) is 10.0 Å². The van der Waals surface area contributed by atoms with Gasteiger partial charge in [-0.15, -0.1) is 0 Å². The summed E-state index contributed by atoms with van der Waals surface area (Å²) in [6.45, 7) is 0. The lowest BCUT2D eigenvalue weighted by molar-refractivity contribution is -0.385. The van der Waals surface area contributed by atoms with Gasteiger partial charge in [0.25, 0.3) is 23.2 Å².